The minimum atomic E-state index is -0.822. The Kier molecular flexibility index (Phi) is 42.7. The molecule has 0 aliphatic heterocycles. The minimum Gasteiger partial charge on any atom is -0.462 e. The summed E-state index contributed by atoms with van der Waals surface area (Å²) in [6.07, 6.45) is 60.9. The first-order valence-corrected chi connectivity index (χ1v) is 22.9. The van der Waals surface area contributed by atoms with Crippen molar-refractivity contribution in [3.05, 3.63) is 109 Å². The zero-order valence-corrected chi connectivity index (χ0v) is 37.0. The first kappa shape index (κ1) is 54.1. The van der Waals surface area contributed by atoms with Gasteiger partial charge in [-0.15, -0.1) is 0 Å². The maximum absolute atomic E-state index is 12.7. The van der Waals surface area contributed by atoms with E-state index in [0.717, 1.165) is 122 Å². The minimum absolute atomic E-state index is 0.118. The van der Waals surface area contributed by atoms with Crippen LogP contribution >= 0.6 is 0 Å². The van der Waals surface area contributed by atoms with Gasteiger partial charge in [0.05, 0.1) is 0 Å². The lowest BCUT2D eigenvalue weighted by atomic mass is 10.1. The maximum atomic E-state index is 12.7. The van der Waals surface area contributed by atoms with Crippen molar-refractivity contribution in [1.29, 1.82) is 0 Å². The molecule has 0 fully saturated rings. The molecule has 0 rings (SSSR count). The number of ether oxygens (including phenoxy) is 3. The molecule has 0 aromatic heterocycles. The molecule has 0 saturated heterocycles. The summed E-state index contributed by atoms with van der Waals surface area (Å²) >= 11 is 0. The van der Waals surface area contributed by atoms with E-state index in [1.807, 2.05) is 0 Å². The third kappa shape index (κ3) is 43.2. The molecule has 1 atom stereocenters. The van der Waals surface area contributed by atoms with Crippen molar-refractivity contribution in [2.24, 2.45) is 0 Å². The van der Waals surface area contributed by atoms with Gasteiger partial charge in [0.25, 0.3) is 0 Å². The van der Waals surface area contributed by atoms with E-state index in [1.54, 1.807) is 0 Å². The maximum Gasteiger partial charge on any atom is 0.306 e. The molecule has 58 heavy (non-hydrogen) atoms. The van der Waals surface area contributed by atoms with Gasteiger partial charge >= 0.3 is 17.9 Å². The quantitative estimate of drug-likeness (QED) is 0.0267. The zero-order chi connectivity index (χ0) is 42.3. The summed E-state index contributed by atoms with van der Waals surface area (Å²) in [6.45, 7) is 6.24. The highest BCUT2D eigenvalue weighted by Crippen LogP contribution is 2.11. The summed E-state index contributed by atoms with van der Waals surface area (Å²) in [5.41, 5.74) is 0. The second-order valence-corrected chi connectivity index (χ2v) is 14.5. The van der Waals surface area contributed by atoms with Crippen LogP contribution in [0.1, 0.15) is 181 Å². The van der Waals surface area contributed by atoms with Crippen molar-refractivity contribution in [3.8, 4) is 0 Å². The Hall–Kier alpha value is -3.93. The summed E-state index contributed by atoms with van der Waals surface area (Å²) in [6, 6.07) is 0. The highest BCUT2D eigenvalue weighted by atomic mass is 16.6. The lowest BCUT2D eigenvalue weighted by Crippen LogP contribution is -2.30. The van der Waals surface area contributed by atoms with Crippen LogP contribution in [0.15, 0.2) is 109 Å². The Labute approximate surface area is 355 Å². The van der Waals surface area contributed by atoms with E-state index >= 15 is 0 Å². The number of hydrogen-bond acceptors (Lipinski definition) is 6. The highest BCUT2D eigenvalue weighted by Gasteiger charge is 2.19. The van der Waals surface area contributed by atoms with Crippen LogP contribution in [0.2, 0.25) is 0 Å². The molecule has 0 bridgehead atoms. The topological polar surface area (TPSA) is 78.9 Å². The van der Waals surface area contributed by atoms with Gasteiger partial charge < -0.3 is 14.2 Å². The van der Waals surface area contributed by atoms with E-state index < -0.39 is 6.10 Å². The molecule has 0 N–H and O–H groups in total. The second-order valence-electron chi connectivity index (χ2n) is 14.5. The largest absolute Gasteiger partial charge is 0.462 e. The molecule has 0 amide bonds. The van der Waals surface area contributed by atoms with Gasteiger partial charge in [-0.2, -0.15) is 0 Å². The molecular weight excluding hydrogens is 721 g/mol. The van der Waals surface area contributed by atoms with Gasteiger partial charge in [-0.05, 0) is 109 Å². The molecule has 0 aromatic carbocycles. The van der Waals surface area contributed by atoms with Gasteiger partial charge in [-0.25, -0.2) is 0 Å². The van der Waals surface area contributed by atoms with E-state index in [9.17, 15) is 14.4 Å². The van der Waals surface area contributed by atoms with E-state index in [2.05, 4.69) is 130 Å². The van der Waals surface area contributed by atoms with E-state index in [-0.39, 0.29) is 37.5 Å². The summed E-state index contributed by atoms with van der Waals surface area (Å²) in [5.74, 6) is -1.03. The van der Waals surface area contributed by atoms with Crippen LogP contribution in [0.25, 0.3) is 0 Å². The Morgan fingerprint density at radius 3 is 1.12 bits per heavy atom. The Balaban J connectivity index is 4.48. The van der Waals surface area contributed by atoms with Crippen LogP contribution in [0.3, 0.4) is 0 Å². The molecule has 0 heterocycles. The molecule has 0 saturated carbocycles. The number of rotatable bonds is 39. The van der Waals surface area contributed by atoms with Crippen LogP contribution in [-0.2, 0) is 28.6 Å². The molecule has 1 unspecified atom stereocenters. The molecule has 0 aliphatic carbocycles. The van der Waals surface area contributed by atoms with E-state index in [4.69, 9.17) is 14.2 Å². The van der Waals surface area contributed by atoms with Crippen LogP contribution in [-0.4, -0.2) is 37.2 Å². The van der Waals surface area contributed by atoms with Gasteiger partial charge in [0.15, 0.2) is 6.10 Å². The van der Waals surface area contributed by atoms with Gasteiger partial charge in [0, 0.05) is 19.3 Å². The molecular formula is C52H82O6. The molecule has 0 radical (unpaired) electrons. The van der Waals surface area contributed by atoms with Crippen molar-refractivity contribution in [2.75, 3.05) is 13.2 Å². The standard InChI is InChI=1S/C52H82O6/c1-4-7-10-13-16-19-22-23-24-25-26-27-28-29-31-33-36-39-42-45-51(54)57-48-49(47-56-50(53)44-41-38-35-32-21-18-15-12-9-6-3)58-52(55)46-43-40-37-34-30-20-17-14-11-8-5-2/h7-8,10-11,15-20,23-24,26-27,29,31,34,37,49H,4-6,9,12-14,21-22,25,28,30,32-33,35-36,38-48H2,1-3H3/b10-7-,11-8-,18-15-,19-16-,20-17-,24-23-,27-26-,31-29-,37-34-. The molecule has 0 aromatic rings. The third-order valence-electron chi connectivity index (χ3n) is 8.99. The van der Waals surface area contributed by atoms with Crippen LogP contribution in [0.4, 0.5) is 0 Å². The number of esters is 3. The number of hydrogen-bond donors (Lipinski definition) is 0. The average Bonchev–Trinajstić information content (AvgIpc) is 3.22. The first-order chi connectivity index (χ1) is 28.5. The molecule has 6 nitrogen and oxygen atoms in total. The number of carbonyl (C=O) groups excluding carboxylic acids is 3. The third-order valence-corrected chi connectivity index (χ3v) is 8.99. The van der Waals surface area contributed by atoms with Crippen molar-refractivity contribution < 1.29 is 28.6 Å². The predicted octanol–water partition coefficient (Wildman–Crippen LogP) is 14.8. The smallest absolute Gasteiger partial charge is 0.306 e. The van der Waals surface area contributed by atoms with E-state index in [0.29, 0.717) is 19.3 Å². The number of allylic oxidation sites excluding steroid dienone is 18. The van der Waals surface area contributed by atoms with Crippen molar-refractivity contribution in [3.63, 3.8) is 0 Å². The fraction of sp³-hybridized carbons (Fsp3) is 0.596. The van der Waals surface area contributed by atoms with Crippen molar-refractivity contribution in [2.45, 2.75) is 187 Å². The average molecular weight is 803 g/mol. The Morgan fingerprint density at radius 2 is 0.690 bits per heavy atom. The molecule has 0 aliphatic rings. The normalized spacial score (nSPS) is 13.1. The molecule has 6 heteroatoms. The van der Waals surface area contributed by atoms with E-state index in [1.165, 1.54) is 12.8 Å². The second kappa shape index (κ2) is 45.8. The molecule has 0 spiro atoms. The van der Waals surface area contributed by atoms with Crippen molar-refractivity contribution >= 4 is 17.9 Å². The SMILES string of the molecule is CC/C=C\C/C=C\C/C=C\C/C=C\C/C=C\CCCCCC(=O)OCC(COC(=O)CCCCCC/C=C\CCCC)OC(=O)CCC/C=C\C/C=C\C/C=C\CC. The number of unbranched alkanes of at least 4 members (excludes halogenated alkanes) is 10. The zero-order valence-electron chi connectivity index (χ0n) is 37.0. The summed E-state index contributed by atoms with van der Waals surface area (Å²) in [4.78, 5) is 37.7. The van der Waals surface area contributed by atoms with Gasteiger partial charge in [0.2, 0.25) is 0 Å². The van der Waals surface area contributed by atoms with Crippen molar-refractivity contribution in [1.82, 2.24) is 0 Å². The lowest BCUT2D eigenvalue weighted by Gasteiger charge is -2.18. The fourth-order valence-electron chi connectivity index (χ4n) is 5.59. The fourth-order valence-corrected chi connectivity index (χ4v) is 5.59. The van der Waals surface area contributed by atoms with Gasteiger partial charge in [-0.1, -0.05) is 162 Å². The predicted molar refractivity (Wildman–Crippen MR) is 247 cm³/mol. The van der Waals surface area contributed by atoms with Crippen LogP contribution < -0.4 is 0 Å². The number of carbonyl (C=O) groups is 3. The summed E-state index contributed by atoms with van der Waals surface area (Å²) in [5, 5.41) is 0. The summed E-state index contributed by atoms with van der Waals surface area (Å²) in [7, 11) is 0. The van der Waals surface area contributed by atoms with Crippen LogP contribution in [0, 0.1) is 0 Å². The first-order valence-electron chi connectivity index (χ1n) is 22.9. The lowest BCUT2D eigenvalue weighted by molar-refractivity contribution is -0.167. The Bertz CT molecular complexity index is 1240. The Morgan fingerprint density at radius 1 is 0.362 bits per heavy atom. The molecule has 326 valence electrons. The van der Waals surface area contributed by atoms with Gasteiger partial charge in [-0.3, -0.25) is 14.4 Å². The van der Waals surface area contributed by atoms with Crippen LogP contribution in [0.5, 0.6) is 0 Å². The monoisotopic (exact) mass is 803 g/mol. The van der Waals surface area contributed by atoms with Gasteiger partial charge in [0.1, 0.15) is 13.2 Å². The summed E-state index contributed by atoms with van der Waals surface area (Å²) < 4.78 is 16.6. The highest BCUT2D eigenvalue weighted by molar-refractivity contribution is 5.71.